The van der Waals surface area contributed by atoms with Crippen molar-refractivity contribution < 1.29 is 14.4 Å². The van der Waals surface area contributed by atoms with Gasteiger partial charge in [-0.1, -0.05) is 26.0 Å². The minimum atomic E-state index is -0.783. The molecule has 0 aliphatic carbocycles. The van der Waals surface area contributed by atoms with Crippen molar-refractivity contribution in [3.05, 3.63) is 35.4 Å². The summed E-state index contributed by atoms with van der Waals surface area (Å²) in [5, 5.41) is 6.23. The summed E-state index contributed by atoms with van der Waals surface area (Å²) in [5.74, 6) is -0.591. The van der Waals surface area contributed by atoms with Gasteiger partial charge in [-0.2, -0.15) is 0 Å². The minimum Gasteiger partial charge on any atom is -0.354 e. The quantitative estimate of drug-likeness (QED) is 0.739. The Labute approximate surface area is 160 Å². The molecule has 6 nitrogen and oxygen atoms in total. The Hall–Kier alpha value is -1.92. The molecule has 3 rings (SSSR count). The Balaban J connectivity index is 0.00000243. The summed E-state index contributed by atoms with van der Waals surface area (Å²) in [6, 6.07) is 5.95. The Kier molecular flexibility index (Phi) is 6.78. The van der Waals surface area contributed by atoms with Crippen molar-refractivity contribution >= 4 is 30.1 Å². The number of imide groups is 1. The average Bonchev–Trinajstić information content (AvgIpc) is 3.18. The molecule has 1 saturated heterocycles. The summed E-state index contributed by atoms with van der Waals surface area (Å²) in [4.78, 5) is 39.2. The molecule has 0 aromatic heterocycles. The highest BCUT2D eigenvalue weighted by molar-refractivity contribution is 6.22. The van der Waals surface area contributed by atoms with E-state index in [-0.39, 0.29) is 36.0 Å². The van der Waals surface area contributed by atoms with Crippen LogP contribution in [0, 0.1) is 11.8 Å². The third-order valence-electron chi connectivity index (χ3n) is 5.02. The van der Waals surface area contributed by atoms with E-state index in [9.17, 15) is 14.4 Å². The number of carbonyl (C=O) groups is 3. The summed E-state index contributed by atoms with van der Waals surface area (Å²) in [5.41, 5.74) is 0.756. The fourth-order valence-electron chi connectivity index (χ4n) is 3.64. The zero-order chi connectivity index (χ0) is 18.0. The van der Waals surface area contributed by atoms with Gasteiger partial charge >= 0.3 is 0 Å². The first-order valence-electron chi connectivity index (χ1n) is 8.96. The second-order valence-electron chi connectivity index (χ2n) is 7.15. The molecule has 0 spiro atoms. The van der Waals surface area contributed by atoms with Crippen molar-refractivity contribution in [3.8, 4) is 0 Å². The molecule has 2 N–H and O–H groups in total. The number of carbonyl (C=O) groups excluding carboxylic acids is 3. The Morgan fingerprint density at radius 1 is 1.23 bits per heavy atom. The van der Waals surface area contributed by atoms with E-state index in [0.29, 0.717) is 23.6 Å². The second-order valence-corrected chi connectivity index (χ2v) is 7.15. The SMILES string of the molecule is CC(C)C(C(=O)NCCC1CCNC1)N1C(=O)c2ccccc2C1=O.Cl. The van der Waals surface area contributed by atoms with Crippen LogP contribution < -0.4 is 10.6 Å². The van der Waals surface area contributed by atoms with Crippen LogP contribution in [-0.4, -0.2) is 48.3 Å². The molecule has 2 atom stereocenters. The van der Waals surface area contributed by atoms with Gasteiger partial charge in [0, 0.05) is 6.54 Å². The average molecular weight is 380 g/mol. The van der Waals surface area contributed by atoms with Crippen molar-refractivity contribution in [2.45, 2.75) is 32.7 Å². The summed E-state index contributed by atoms with van der Waals surface area (Å²) in [6.45, 7) is 6.30. The van der Waals surface area contributed by atoms with Gasteiger partial charge < -0.3 is 10.6 Å². The standard InChI is InChI=1S/C19H25N3O3.ClH/c1-12(2)16(17(23)21-10-8-13-7-9-20-11-13)22-18(24)14-5-3-4-6-15(14)19(22)25;/h3-6,12-13,16,20H,7-11H2,1-2H3,(H,21,23);1H. The van der Waals surface area contributed by atoms with Crippen LogP contribution in [0.5, 0.6) is 0 Å². The molecule has 2 aliphatic rings. The van der Waals surface area contributed by atoms with Crippen LogP contribution in [0.4, 0.5) is 0 Å². The zero-order valence-corrected chi connectivity index (χ0v) is 16.0. The van der Waals surface area contributed by atoms with E-state index >= 15 is 0 Å². The predicted octanol–water partition coefficient (Wildman–Crippen LogP) is 1.84. The molecule has 0 radical (unpaired) electrons. The van der Waals surface area contributed by atoms with E-state index in [1.807, 2.05) is 13.8 Å². The smallest absolute Gasteiger partial charge is 0.262 e. The topological polar surface area (TPSA) is 78.5 Å². The normalized spacial score (nSPS) is 20.1. The molecule has 0 saturated carbocycles. The van der Waals surface area contributed by atoms with Crippen LogP contribution in [0.25, 0.3) is 0 Å². The largest absolute Gasteiger partial charge is 0.354 e. The minimum absolute atomic E-state index is 0. The molecular weight excluding hydrogens is 354 g/mol. The van der Waals surface area contributed by atoms with Gasteiger partial charge in [0.15, 0.2) is 0 Å². The molecule has 2 unspecified atom stereocenters. The number of rotatable bonds is 6. The lowest BCUT2D eigenvalue weighted by Gasteiger charge is -2.28. The fraction of sp³-hybridized carbons (Fsp3) is 0.526. The fourth-order valence-corrected chi connectivity index (χ4v) is 3.64. The lowest BCUT2D eigenvalue weighted by molar-refractivity contribution is -0.126. The van der Waals surface area contributed by atoms with Crippen molar-refractivity contribution in [2.24, 2.45) is 11.8 Å². The van der Waals surface area contributed by atoms with Crippen LogP contribution >= 0.6 is 12.4 Å². The van der Waals surface area contributed by atoms with E-state index in [4.69, 9.17) is 0 Å². The number of hydrogen-bond acceptors (Lipinski definition) is 4. The maximum Gasteiger partial charge on any atom is 0.262 e. The van der Waals surface area contributed by atoms with Crippen LogP contribution in [-0.2, 0) is 4.79 Å². The van der Waals surface area contributed by atoms with Crippen LogP contribution in [0.3, 0.4) is 0 Å². The summed E-state index contributed by atoms with van der Waals surface area (Å²) >= 11 is 0. The van der Waals surface area contributed by atoms with Crippen molar-refractivity contribution in [1.82, 2.24) is 15.5 Å². The maximum atomic E-state index is 12.7. The molecule has 7 heteroatoms. The maximum absolute atomic E-state index is 12.7. The highest BCUT2D eigenvalue weighted by Crippen LogP contribution is 2.27. The first kappa shape index (κ1) is 20.4. The second kappa shape index (κ2) is 8.64. The van der Waals surface area contributed by atoms with Gasteiger partial charge in [0.2, 0.25) is 5.91 Å². The van der Waals surface area contributed by atoms with Gasteiger partial charge in [-0.3, -0.25) is 19.3 Å². The van der Waals surface area contributed by atoms with Crippen molar-refractivity contribution in [2.75, 3.05) is 19.6 Å². The Morgan fingerprint density at radius 2 is 1.85 bits per heavy atom. The number of hydrogen-bond donors (Lipinski definition) is 2. The molecule has 0 bridgehead atoms. The Bertz CT molecular complexity index is 651. The van der Waals surface area contributed by atoms with Crippen LogP contribution in [0.2, 0.25) is 0 Å². The van der Waals surface area contributed by atoms with Crippen LogP contribution in [0.1, 0.15) is 47.4 Å². The molecule has 1 fully saturated rings. The first-order valence-corrected chi connectivity index (χ1v) is 8.96. The predicted molar refractivity (Wildman–Crippen MR) is 101 cm³/mol. The van der Waals surface area contributed by atoms with E-state index in [0.717, 1.165) is 30.8 Å². The van der Waals surface area contributed by atoms with E-state index in [1.165, 1.54) is 0 Å². The number of nitrogens with one attached hydrogen (secondary N) is 2. The number of halogens is 1. The first-order chi connectivity index (χ1) is 12.0. The van der Waals surface area contributed by atoms with Crippen LogP contribution in [0.15, 0.2) is 24.3 Å². The molecule has 2 aliphatic heterocycles. The van der Waals surface area contributed by atoms with Crippen molar-refractivity contribution in [1.29, 1.82) is 0 Å². The molecule has 26 heavy (non-hydrogen) atoms. The number of amides is 3. The number of benzene rings is 1. The third kappa shape index (κ3) is 3.91. The van der Waals surface area contributed by atoms with Gasteiger partial charge in [0.1, 0.15) is 6.04 Å². The highest BCUT2D eigenvalue weighted by atomic mass is 35.5. The molecular formula is C19H26ClN3O3. The highest BCUT2D eigenvalue weighted by Gasteiger charge is 2.43. The lowest BCUT2D eigenvalue weighted by atomic mass is 10.0. The Morgan fingerprint density at radius 3 is 2.35 bits per heavy atom. The third-order valence-corrected chi connectivity index (χ3v) is 5.02. The van der Waals surface area contributed by atoms with Gasteiger partial charge in [0.25, 0.3) is 11.8 Å². The van der Waals surface area contributed by atoms with E-state index < -0.39 is 6.04 Å². The summed E-state index contributed by atoms with van der Waals surface area (Å²) in [7, 11) is 0. The molecule has 142 valence electrons. The summed E-state index contributed by atoms with van der Waals surface area (Å²) in [6.07, 6.45) is 2.04. The number of nitrogens with zero attached hydrogens (tertiary/aromatic N) is 1. The number of fused-ring (bicyclic) bond motifs is 1. The van der Waals surface area contributed by atoms with E-state index in [1.54, 1.807) is 24.3 Å². The monoisotopic (exact) mass is 379 g/mol. The molecule has 3 amide bonds. The van der Waals surface area contributed by atoms with Gasteiger partial charge in [-0.25, -0.2) is 0 Å². The molecule has 1 aromatic carbocycles. The zero-order valence-electron chi connectivity index (χ0n) is 15.2. The summed E-state index contributed by atoms with van der Waals surface area (Å²) < 4.78 is 0. The lowest BCUT2D eigenvalue weighted by Crippen LogP contribution is -2.52. The van der Waals surface area contributed by atoms with Gasteiger partial charge in [-0.15, -0.1) is 12.4 Å². The van der Waals surface area contributed by atoms with Gasteiger partial charge in [0.05, 0.1) is 11.1 Å². The van der Waals surface area contributed by atoms with E-state index in [2.05, 4.69) is 10.6 Å². The van der Waals surface area contributed by atoms with Gasteiger partial charge in [-0.05, 0) is 49.9 Å². The molecule has 2 heterocycles. The van der Waals surface area contributed by atoms with Crippen molar-refractivity contribution in [3.63, 3.8) is 0 Å². The molecule has 1 aromatic rings.